The van der Waals surface area contributed by atoms with Crippen molar-refractivity contribution in [3.63, 3.8) is 0 Å². The highest BCUT2D eigenvalue weighted by atomic mass is 16.6. The van der Waals surface area contributed by atoms with Crippen LogP contribution in [-0.4, -0.2) is 32.4 Å². The van der Waals surface area contributed by atoms with E-state index in [-0.39, 0.29) is 11.6 Å². The fourth-order valence-electron chi connectivity index (χ4n) is 3.34. The molecule has 0 aliphatic carbocycles. The van der Waals surface area contributed by atoms with Crippen molar-refractivity contribution in [2.24, 2.45) is 0 Å². The summed E-state index contributed by atoms with van der Waals surface area (Å²) in [6.07, 6.45) is 3.73. The minimum absolute atomic E-state index is 0.00825. The maximum Gasteiger partial charge on any atom is 0.269 e. The van der Waals surface area contributed by atoms with Gasteiger partial charge in [-0.25, -0.2) is 0 Å². The molecule has 8 heteroatoms. The Morgan fingerprint density at radius 3 is 2.32 bits per heavy atom. The third-order valence-electron chi connectivity index (χ3n) is 5.15. The number of nitrogens with zero attached hydrogens (tertiary/aromatic N) is 4. The average molecular weight is 454 g/mol. The van der Waals surface area contributed by atoms with Gasteiger partial charge in [0.05, 0.1) is 4.92 Å². The first-order valence-corrected chi connectivity index (χ1v) is 10.7. The number of nitro benzene ring substituents is 1. The van der Waals surface area contributed by atoms with Crippen molar-refractivity contribution in [2.45, 2.75) is 13.0 Å². The van der Waals surface area contributed by atoms with Gasteiger partial charge in [0.1, 0.15) is 0 Å². The van der Waals surface area contributed by atoms with Crippen LogP contribution < -0.4 is 0 Å². The van der Waals surface area contributed by atoms with E-state index in [9.17, 15) is 14.9 Å². The summed E-state index contributed by atoms with van der Waals surface area (Å²) in [7, 11) is 0. The summed E-state index contributed by atoms with van der Waals surface area (Å²) < 4.78 is 5.36. The van der Waals surface area contributed by atoms with Gasteiger partial charge in [0.15, 0.2) is 0 Å². The molecule has 1 heterocycles. The van der Waals surface area contributed by atoms with Gasteiger partial charge in [0.25, 0.3) is 5.69 Å². The average Bonchev–Trinajstić information content (AvgIpc) is 3.35. The zero-order valence-electron chi connectivity index (χ0n) is 18.3. The number of hydrogen-bond donors (Lipinski definition) is 0. The van der Waals surface area contributed by atoms with Crippen LogP contribution in [0.3, 0.4) is 0 Å². The number of rotatable bonds is 9. The van der Waals surface area contributed by atoms with E-state index in [1.54, 1.807) is 29.2 Å². The van der Waals surface area contributed by atoms with E-state index in [0.717, 1.165) is 11.1 Å². The molecular formula is C26H22N4O4. The molecule has 1 aromatic heterocycles. The molecule has 0 bridgehead atoms. The predicted molar refractivity (Wildman–Crippen MR) is 127 cm³/mol. The number of aromatic nitrogens is 2. The van der Waals surface area contributed by atoms with Crippen LogP contribution in [0.1, 0.15) is 17.0 Å². The topological polar surface area (TPSA) is 102 Å². The van der Waals surface area contributed by atoms with Gasteiger partial charge in [0, 0.05) is 43.3 Å². The van der Waals surface area contributed by atoms with Gasteiger partial charge in [-0.2, -0.15) is 4.98 Å². The Bertz CT molecular complexity index is 1270. The van der Waals surface area contributed by atoms with Crippen molar-refractivity contribution in [1.82, 2.24) is 15.0 Å². The lowest BCUT2D eigenvalue weighted by molar-refractivity contribution is -0.384. The molecule has 8 nitrogen and oxygen atoms in total. The normalized spacial score (nSPS) is 10.9. The fraction of sp³-hybridized carbons (Fsp3) is 0.115. The van der Waals surface area contributed by atoms with E-state index < -0.39 is 4.92 Å². The van der Waals surface area contributed by atoms with Crippen molar-refractivity contribution < 1.29 is 14.2 Å². The van der Waals surface area contributed by atoms with Gasteiger partial charge >= 0.3 is 0 Å². The summed E-state index contributed by atoms with van der Waals surface area (Å²) in [5, 5.41) is 14.8. The lowest BCUT2D eigenvalue weighted by Gasteiger charge is -2.20. The number of nitro groups is 1. The second kappa shape index (κ2) is 10.8. The Kier molecular flexibility index (Phi) is 7.19. The number of benzene rings is 3. The van der Waals surface area contributed by atoms with Gasteiger partial charge in [-0.15, -0.1) is 0 Å². The van der Waals surface area contributed by atoms with Crippen molar-refractivity contribution in [3.8, 4) is 11.4 Å². The minimum Gasteiger partial charge on any atom is -0.339 e. The van der Waals surface area contributed by atoms with E-state index in [1.165, 1.54) is 12.1 Å². The molecular weight excluding hydrogens is 432 g/mol. The highest BCUT2D eigenvalue weighted by molar-refractivity contribution is 5.91. The molecule has 0 fully saturated rings. The maximum absolute atomic E-state index is 13.0. The molecule has 0 aliphatic heterocycles. The Balaban J connectivity index is 1.45. The van der Waals surface area contributed by atoms with Crippen LogP contribution in [0.25, 0.3) is 17.5 Å². The highest BCUT2D eigenvalue weighted by Crippen LogP contribution is 2.20. The molecule has 0 atom stereocenters. The Morgan fingerprint density at radius 1 is 0.971 bits per heavy atom. The van der Waals surface area contributed by atoms with E-state index in [2.05, 4.69) is 10.1 Å². The van der Waals surface area contributed by atoms with Gasteiger partial charge in [-0.05, 0) is 29.3 Å². The number of carbonyl (C=O) groups is 1. The summed E-state index contributed by atoms with van der Waals surface area (Å²) in [5.41, 5.74) is 2.57. The smallest absolute Gasteiger partial charge is 0.269 e. The molecule has 0 radical (unpaired) electrons. The van der Waals surface area contributed by atoms with Crippen LogP contribution in [0, 0.1) is 10.1 Å². The van der Waals surface area contributed by atoms with E-state index in [4.69, 9.17) is 4.52 Å². The Labute approximate surface area is 196 Å². The van der Waals surface area contributed by atoms with E-state index in [1.807, 2.05) is 60.7 Å². The fourth-order valence-corrected chi connectivity index (χ4v) is 3.34. The molecule has 4 aromatic rings. The largest absolute Gasteiger partial charge is 0.339 e. The molecule has 3 aromatic carbocycles. The molecule has 170 valence electrons. The summed E-state index contributed by atoms with van der Waals surface area (Å²) in [6.45, 7) is 0.830. The highest BCUT2D eigenvalue weighted by Gasteiger charge is 2.15. The number of amides is 1. The summed E-state index contributed by atoms with van der Waals surface area (Å²) in [6, 6.07) is 25.3. The first-order valence-electron chi connectivity index (χ1n) is 10.7. The summed E-state index contributed by atoms with van der Waals surface area (Å²) >= 11 is 0. The van der Waals surface area contributed by atoms with Crippen LogP contribution in [-0.2, 0) is 17.8 Å². The molecule has 1 amide bonds. The third-order valence-corrected chi connectivity index (χ3v) is 5.15. The molecule has 0 unspecified atom stereocenters. The minimum atomic E-state index is -0.462. The monoisotopic (exact) mass is 454 g/mol. The summed E-state index contributed by atoms with van der Waals surface area (Å²) in [4.78, 5) is 29.5. The third kappa shape index (κ3) is 6.01. The van der Waals surface area contributed by atoms with E-state index >= 15 is 0 Å². The van der Waals surface area contributed by atoms with Crippen molar-refractivity contribution >= 4 is 17.7 Å². The number of carbonyl (C=O) groups excluding carboxylic acids is 1. The molecule has 0 aliphatic rings. The number of hydrogen-bond acceptors (Lipinski definition) is 6. The van der Waals surface area contributed by atoms with Crippen LogP contribution in [0.15, 0.2) is 95.5 Å². The Hall–Kier alpha value is -4.59. The van der Waals surface area contributed by atoms with Crippen molar-refractivity contribution in [3.05, 3.63) is 118 Å². The van der Waals surface area contributed by atoms with Gasteiger partial charge in [-0.1, -0.05) is 65.8 Å². The van der Waals surface area contributed by atoms with Crippen LogP contribution in [0.5, 0.6) is 0 Å². The molecule has 34 heavy (non-hydrogen) atoms. The molecule has 0 saturated carbocycles. The quantitative estimate of drug-likeness (QED) is 0.202. The van der Waals surface area contributed by atoms with Crippen LogP contribution >= 0.6 is 0 Å². The maximum atomic E-state index is 13.0. The standard InChI is InChI=1S/C26H22N4O4/c31-25(16-11-20-7-3-1-4-8-20)29(19-21-9-5-2-6-10-21)18-17-24-27-26(28-34-24)22-12-14-23(15-13-22)30(32)33/h1-16H,17-19H2/b16-11+. The second-order valence-electron chi connectivity index (χ2n) is 7.56. The summed E-state index contributed by atoms with van der Waals surface area (Å²) in [5.74, 6) is 0.601. The molecule has 0 N–H and O–H groups in total. The first-order chi connectivity index (χ1) is 16.6. The zero-order chi connectivity index (χ0) is 23.8. The van der Waals surface area contributed by atoms with Crippen LogP contribution in [0.4, 0.5) is 5.69 Å². The first kappa shape index (κ1) is 22.6. The van der Waals surface area contributed by atoms with Gasteiger partial charge < -0.3 is 9.42 Å². The number of non-ortho nitro benzene ring substituents is 1. The van der Waals surface area contributed by atoms with Crippen molar-refractivity contribution in [1.29, 1.82) is 0 Å². The van der Waals surface area contributed by atoms with Crippen LogP contribution in [0.2, 0.25) is 0 Å². The molecule has 4 rings (SSSR count). The Morgan fingerprint density at radius 2 is 1.65 bits per heavy atom. The van der Waals surface area contributed by atoms with Gasteiger partial charge in [0.2, 0.25) is 17.6 Å². The zero-order valence-corrected chi connectivity index (χ0v) is 18.3. The van der Waals surface area contributed by atoms with Crippen molar-refractivity contribution in [2.75, 3.05) is 6.54 Å². The molecule has 0 spiro atoms. The molecule has 0 saturated heterocycles. The van der Waals surface area contributed by atoms with E-state index in [0.29, 0.717) is 36.8 Å². The van der Waals surface area contributed by atoms with Gasteiger partial charge in [-0.3, -0.25) is 14.9 Å². The SMILES string of the molecule is O=C(/C=C/c1ccccc1)N(CCc1nc(-c2ccc([N+](=O)[O-])cc2)no1)Cc1ccccc1. The second-order valence-corrected chi connectivity index (χ2v) is 7.56. The predicted octanol–water partition coefficient (Wildman–Crippen LogP) is 4.93. The lowest BCUT2D eigenvalue weighted by atomic mass is 10.2. The lowest BCUT2D eigenvalue weighted by Crippen LogP contribution is -2.31.